The number of pyridine rings is 2. The minimum atomic E-state index is -0.117. The molecule has 7 heteroatoms. The Balaban J connectivity index is 1.64. The Labute approximate surface area is 211 Å². The van der Waals surface area contributed by atoms with Gasteiger partial charge in [-0.15, -0.1) is 0 Å². The first-order valence-corrected chi connectivity index (χ1v) is 12.2. The Hall–Kier alpha value is -2.96. The number of nitrogens with zero attached hydrogens (tertiary/aromatic N) is 4. The van der Waals surface area contributed by atoms with Crippen LogP contribution in [-0.2, 0) is 6.54 Å². The molecule has 2 atom stereocenters. The van der Waals surface area contributed by atoms with Gasteiger partial charge in [-0.2, -0.15) is 0 Å². The molecule has 174 valence electrons. The van der Waals surface area contributed by atoms with Crippen molar-refractivity contribution >= 4 is 40.2 Å². The lowest BCUT2D eigenvalue weighted by Crippen LogP contribution is -2.42. The van der Waals surface area contributed by atoms with Crippen molar-refractivity contribution in [2.75, 3.05) is 11.9 Å². The number of fused-ring (bicyclic) bond motifs is 1. The van der Waals surface area contributed by atoms with Crippen LogP contribution in [0.5, 0.6) is 0 Å². The van der Waals surface area contributed by atoms with E-state index in [0.717, 1.165) is 27.5 Å². The number of hydrogen-bond donors (Lipinski definition) is 1. The first kappa shape index (κ1) is 22.8. The molecule has 2 aliphatic rings. The normalized spacial score (nSPS) is 21.2. The number of anilines is 1. The summed E-state index contributed by atoms with van der Waals surface area (Å²) in [5.74, 6) is 0. The molecule has 2 aromatic heterocycles. The molecule has 0 amide bonds. The third-order valence-electron chi connectivity index (χ3n) is 6.95. The fraction of sp³-hybridized carbons (Fsp3) is 0.296. The molecule has 4 heterocycles. The van der Waals surface area contributed by atoms with Gasteiger partial charge in [-0.3, -0.25) is 9.97 Å². The van der Waals surface area contributed by atoms with E-state index in [4.69, 9.17) is 23.8 Å². The fourth-order valence-corrected chi connectivity index (χ4v) is 5.59. The maximum atomic E-state index is 7.04. The topological polar surface area (TPSA) is 44.3 Å². The lowest BCUT2D eigenvalue weighted by Gasteiger charge is -2.41. The van der Waals surface area contributed by atoms with E-state index in [-0.39, 0.29) is 17.6 Å². The second kappa shape index (κ2) is 8.67. The molecule has 1 aromatic carbocycles. The maximum absolute atomic E-state index is 7.04. The van der Waals surface area contributed by atoms with Gasteiger partial charge in [-0.1, -0.05) is 23.7 Å². The van der Waals surface area contributed by atoms with E-state index in [2.05, 4.69) is 71.1 Å². The van der Waals surface area contributed by atoms with Gasteiger partial charge in [0.05, 0.1) is 23.3 Å². The van der Waals surface area contributed by atoms with Crippen LogP contribution in [-0.4, -0.2) is 32.6 Å². The molecule has 3 aromatic rings. The van der Waals surface area contributed by atoms with E-state index in [1.54, 1.807) is 0 Å². The average molecular weight is 490 g/mol. The SMILES string of the molecule is CC1=CC(C)(C)N(C)c2cc(Cl)c([C@H]3[C@H](c4ccccn4)NC(=S)N3Cc3ccncc3)cc21. The van der Waals surface area contributed by atoms with Crippen LogP contribution in [0.2, 0.25) is 5.02 Å². The number of allylic oxidation sites excluding steroid dienone is 1. The fourth-order valence-electron chi connectivity index (χ4n) is 5.01. The molecule has 0 saturated carbocycles. The van der Waals surface area contributed by atoms with E-state index < -0.39 is 0 Å². The zero-order chi connectivity index (χ0) is 24.0. The standard InChI is InChI=1S/C27H28ClN5S/c1-17-15-27(2,3)32(4)23-14-21(28)20(13-19(17)23)25-24(22-7-5-6-10-30-22)31-26(34)33(25)16-18-8-11-29-12-9-18/h5-15,24-25H,16H2,1-4H3,(H,31,34)/t24-,25-/m0/s1. The zero-order valence-electron chi connectivity index (χ0n) is 19.8. The van der Waals surface area contributed by atoms with Gasteiger partial charge in [-0.05, 0) is 86.1 Å². The van der Waals surface area contributed by atoms with E-state index >= 15 is 0 Å². The predicted octanol–water partition coefficient (Wildman–Crippen LogP) is 5.93. The van der Waals surface area contributed by atoms with Crippen molar-refractivity contribution in [3.63, 3.8) is 0 Å². The summed E-state index contributed by atoms with van der Waals surface area (Å²) in [6.45, 7) is 7.26. The van der Waals surface area contributed by atoms with Crippen LogP contribution < -0.4 is 10.2 Å². The summed E-state index contributed by atoms with van der Waals surface area (Å²) < 4.78 is 0. The summed E-state index contributed by atoms with van der Waals surface area (Å²) in [6, 6.07) is 14.1. The van der Waals surface area contributed by atoms with Crippen molar-refractivity contribution in [1.82, 2.24) is 20.2 Å². The predicted molar refractivity (Wildman–Crippen MR) is 143 cm³/mol. The molecule has 1 N–H and O–H groups in total. The van der Waals surface area contributed by atoms with Crippen molar-refractivity contribution in [3.05, 3.63) is 94.5 Å². The quantitative estimate of drug-likeness (QED) is 0.458. The highest BCUT2D eigenvalue weighted by Gasteiger charge is 2.41. The Morgan fingerprint density at radius 2 is 1.88 bits per heavy atom. The van der Waals surface area contributed by atoms with Crippen molar-refractivity contribution in [2.45, 2.75) is 44.9 Å². The molecule has 0 unspecified atom stereocenters. The summed E-state index contributed by atoms with van der Waals surface area (Å²) >= 11 is 12.9. The second-order valence-corrected chi connectivity index (χ2v) is 10.3. The highest BCUT2D eigenvalue weighted by Crippen LogP contribution is 2.47. The number of hydrogen-bond acceptors (Lipinski definition) is 4. The number of aromatic nitrogens is 2. The van der Waals surface area contributed by atoms with Gasteiger partial charge in [0.2, 0.25) is 0 Å². The molecule has 0 radical (unpaired) electrons. The van der Waals surface area contributed by atoms with E-state index in [1.165, 1.54) is 11.1 Å². The number of thiocarbonyl (C=S) groups is 1. The van der Waals surface area contributed by atoms with Gasteiger partial charge in [0, 0.05) is 48.5 Å². The summed E-state index contributed by atoms with van der Waals surface area (Å²) in [6.07, 6.45) is 7.76. The Bertz CT molecular complexity index is 1260. The van der Waals surface area contributed by atoms with Gasteiger partial charge in [0.15, 0.2) is 5.11 Å². The minimum Gasteiger partial charge on any atom is -0.365 e. The molecule has 0 bridgehead atoms. The van der Waals surface area contributed by atoms with Crippen molar-refractivity contribution in [1.29, 1.82) is 0 Å². The van der Waals surface area contributed by atoms with Crippen LogP contribution in [0.25, 0.3) is 5.57 Å². The third-order valence-corrected chi connectivity index (χ3v) is 7.63. The molecule has 34 heavy (non-hydrogen) atoms. The number of nitrogens with one attached hydrogen (secondary N) is 1. The third kappa shape index (κ3) is 3.95. The Morgan fingerprint density at radius 3 is 2.59 bits per heavy atom. The Kier molecular flexibility index (Phi) is 5.82. The first-order valence-electron chi connectivity index (χ1n) is 11.4. The van der Waals surface area contributed by atoms with Crippen LogP contribution in [0.4, 0.5) is 5.69 Å². The van der Waals surface area contributed by atoms with Crippen molar-refractivity contribution in [2.24, 2.45) is 0 Å². The smallest absolute Gasteiger partial charge is 0.170 e. The van der Waals surface area contributed by atoms with Gasteiger partial charge in [0.1, 0.15) is 0 Å². The highest BCUT2D eigenvalue weighted by molar-refractivity contribution is 7.80. The van der Waals surface area contributed by atoms with Gasteiger partial charge in [0.25, 0.3) is 0 Å². The molecule has 0 aliphatic carbocycles. The second-order valence-electron chi connectivity index (χ2n) is 9.54. The van der Waals surface area contributed by atoms with Gasteiger partial charge in [-0.25, -0.2) is 0 Å². The molecule has 5 nitrogen and oxygen atoms in total. The summed E-state index contributed by atoms with van der Waals surface area (Å²) in [4.78, 5) is 13.3. The monoisotopic (exact) mass is 489 g/mol. The minimum absolute atomic E-state index is 0.0811. The lowest BCUT2D eigenvalue weighted by molar-refractivity contribution is 0.311. The first-order chi connectivity index (χ1) is 16.3. The maximum Gasteiger partial charge on any atom is 0.170 e. The molecule has 2 aliphatic heterocycles. The molecular weight excluding hydrogens is 462 g/mol. The van der Waals surface area contributed by atoms with E-state index in [9.17, 15) is 0 Å². The van der Waals surface area contributed by atoms with E-state index in [1.807, 2.05) is 48.9 Å². The highest BCUT2D eigenvalue weighted by atomic mass is 35.5. The Morgan fingerprint density at radius 1 is 1.12 bits per heavy atom. The molecule has 1 fully saturated rings. The van der Waals surface area contributed by atoms with Crippen molar-refractivity contribution in [3.8, 4) is 0 Å². The number of likely N-dealkylation sites (N-methyl/N-ethyl adjacent to an activating group) is 1. The average Bonchev–Trinajstić information content (AvgIpc) is 3.14. The van der Waals surface area contributed by atoms with Gasteiger partial charge >= 0.3 is 0 Å². The summed E-state index contributed by atoms with van der Waals surface area (Å²) in [7, 11) is 2.12. The number of halogens is 1. The molecule has 1 saturated heterocycles. The zero-order valence-corrected chi connectivity index (χ0v) is 21.4. The molecule has 5 rings (SSSR count). The largest absolute Gasteiger partial charge is 0.365 e. The molecule has 0 spiro atoms. The van der Waals surface area contributed by atoms with Crippen molar-refractivity contribution < 1.29 is 0 Å². The van der Waals surface area contributed by atoms with Crippen LogP contribution in [0.3, 0.4) is 0 Å². The van der Waals surface area contributed by atoms with E-state index in [0.29, 0.717) is 11.7 Å². The van der Waals surface area contributed by atoms with Gasteiger partial charge < -0.3 is 15.1 Å². The van der Waals surface area contributed by atoms with Crippen LogP contribution in [0, 0.1) is 0 Å². The number of benzene rings is 1. The molecular formula is C27H28ClN5S. The number of rotatable bonds is 4. The van der Waals surface area contributed by atoms with Crippen LogP contribution in [0.15, 0.2) is 67.1 Å². The van der Waals surface area contributed by atoms with Crippen LogP contribution in [0.1, 0.15) is 55.2 Å². The summed E-state index contributed by atoms with van der Waals surface area (Å²) in [5.41, 5.74) is 6.62. The lowest BCUT2D eigenvalue weighted by atomic mass is 9.86. The van der Waals surface area contributed by atoms with Crippen LogP contribution >= 0.6 is 23.8 Å². The summed E-state index contributed by atoms with van der Waals surface area (Å²) in [5, 5.41) is 4.95.